The number of nitrogens with zero attached hydrogens (tertiary/aromatic N) is 1. The SMILES string of the molecule is CS(=O)(=O)Nc1ccc(F)c(NCc2cnc(Cl)s2)c1. The van der Waals surface area contributed by atoms with Crippen molar-refractivity contribution in [2.75, 3.05) is 16.3 Å². The van der Waals surface area contributed by atoms with Gasteiger partial charge >= 0.3 is 0 Å². The Bertz CT molecular complexity index is 718. The molecule has 9 heteroatoms. The van der Waals surface area contributed by atoms with Crippen molar-refractivity contribution in [3.8, 4) is 0 Å². The third-order valence-electron chi connectivity index (χ3n) is 2.25. The summed E-state index contributed by atoms with van der Waals surface area (Å²) in [6.07, 6.45) is 2.62. The van der Waals surface area contributed by atoms with E-state index in [9.17, 15) is 12.8 Å². The van der Waals surface area contributed by atoms with Gasteiger partial charge in [-0.25, -0.2) is 17.8 Å². The summed E-state index contributed by atoms with van der Waals surface area (Å²) in [7, 11) is -3.40. The van der Waals surface area contributed by atoms with Crippen LogP contribution in [0.15, 0.2) is 24.4 Å². The fourth-order valence-corrected chi connectivity index (χ4v) is 2.96. The zero-order chi connectivity index (χ0) is 14.8. The predicted octanol–water partition coefficient (Wildman–Crippen LogP) is 2.92. The second kappa shape index (κ2) is 5.94. The van der Waals surface area contributed by atoms with Gasteiger partial charge in [0, 0.05) is 11.1 Å². The van der Waals surface area contributed by atoms with Crippen molar-refractivity contribution in [3.63, 3.8) is 0 Å². The van der Waals surface area contributed by atoms with Gasteiger partial charge in [0.1, 0.15) is 5.82 Å². The summed E-state index contributed by atoms with van der Waals surface area (Å²) in [5, 5.41) is 2.87. The lowest BCUT2D eigenvalue weighted by Crippen LogP contribution is -2.10. The minimum absolute atomic E-state index is 0.197. The first-order valence-corrected chi connectivity index (χ1v) is 8.53. The standard InChI is InChI=1S/C11H11ClFN3O2S2/c1-20(17,18)16-7-2-3-9(13)10(4-7)14-5-8-6-15-11(12)19-8/h2-4,6,14,16H,5H2,1H3. The maximum atomic E-state index is 13.6. The van der Waals surface area contributed by atoms with E-state index in [1.807, 2.05) is 0 Å². The number of rotatable bonds is 5. The molecule has 0 saturated carbocycles. The smallest absolute Gasteiger partial charge is 0.229 e. The third kappa shape index (κ3) is 4.32. The molecule has 0 aliphatic heterocycles. The second-order valence-electron chi connectivity index (χ2n) is 4.00. The molecule has 20 heavy (non-hydrogen) atoms. The molecule has 108 valence electrons. The van der Waals surface area contributed by atoms with Crippen molar-refractivity contribution < 1.29 is 12.8 Å². The summed E-state index contributed by atoms with van der Waals surface area (Å²) in [5.74, 6) is -0.473. The van der Waals surface area contributed by atoms with Crippen LogP contribution in [0.2, 0.25) is 4.47 Å². The lowest BCUT2D eigenvalue weighted by atomic mass is 10.2. The molecule has 0 radical (unpaired) electrons. The lowest BCUT2D eigenvalue weighted by Gasteiger charge is -2.09. The van der Waals surface area contributed by atoms with Crippen LogP contribution in [-0.4, -0.2) is 19.7 Å². The number of benzene rings is 1. The quantitative estimate of drug-likeness (QED) is 0.881. The fraction of sp³-hybridized carbons (Fsp3) is 0.182. The van der Waals surface area contributed by atoms with Gasteiger partial charge < -0.3 is 5.32 Å². The highest BCUT2D eigenvalue weighted by Gasteiger charge is 2.07. The zero-order valence-electron chi connectivity index (χ0n) is 10.4. The van der Waals surface area contributed by atoms with E-state index < -0.39 is 15.8 Å². The van der Waals surface area contributed by atoms with Crippen LogP contribution in [0.25, 0.3) is 0 Å². The van der Waals surface area contributed by atoms with Crippen LogP contribution in [0.3, 0.4) is 0 Å². The summed E-state index contributed by atoms with van der Waals surface area (Å²) in [4.78, 5) is 4.72. The molecule has 0 bridgehead atoms. The van der Waals surface area contributed by atoms with Gasteiger partial charge in [-0.1, -0.05) is 11.6 Å². The van der Waals surface area contributed by atoms with Gasteiger partial charge in [0.05, 0.1) is 24.2 Å². The minimum Gasteiger partial charge on any atom is -0.378 e. The van der Waals surface area contributed by atoms with Crippen molar-refractivity contribution in [3.05, 3.63) is 39.6 Å². The van der Waals surface area contributed by atoms with Crippen molar-refractivity contribution in [2.24, 2.45) is 0 Å². The van der Waals surface area contributed by atoms with Crippen LogP contribution in [0.4, 0.5) is 15.8 Å². The molecule has 0 fully saturated rings. The summed E-state index contributed by atoms with van der Waals surface area (Å²) < 4.78 is 38.6. The number of sulfonamides is 1. The van der Waals surface area contributed by atoms with E-state index in [4.69, 9.17) is 11.6 Å². The monoisotopic (exact) mass is 335 g/mol. The van der Waals surface area contributed by atoms with E-state index in [0.717, 1.165) is 11.1 Å². The average Bonchev–Trinajstić information content (AvgIpc) is 2.74. The number of anilines is 2. The molecule has 2 N–H and O–H groups in total. The van der Waals surface area contributed by atoms with Crippen LogP contribution >= 0.6 is 22.9 Å². The Hall–Kier alpha value is -1.38. The van der Waals surface area contributed by atoms with Crippen molar-refractivity contribution >= 4 is 44.3 Å². The van der Waals surface area contributed by atoms with E-state index in [0.29, 0.717) is 16.7 Å². The minimum atomic E-state index is -3.40. The Morgan fingerprint density at radius 1 is 1.45 bits per heavy atom. The summed E-state index contributed by atoms with van der Waals surface area (Å²) in [5.41, 5.74) is 0.488. The molecule has 5 nitrogen and oxygen atoms in total. The molecule has 0 amide bonds. The molecule has 2 rings (SSSR count). The Labute approximate surface area is 124 Å². The Kier molecular flexibility index (Phi) is 4.46. The Morgan fingerprint density at radius 2 is 2.20 bits per heavy atom. The topological polar surface area (TPSA) is 71.1 Å². The van der Waals surface area contributed by atoms with Crippen molar-refractivity contribution in [1.82, 2.24) is 4.98 Å². The summed E-state index contributed by atoms with van der Waals surface area (Å²) >= 11 is 6.99. The molecule has 1 heterocycles. The fourth-order valence-electron chi connectivity index (χ4n) is 1.49. The van der Waals surface area contributed by atoms with E-state index in [1.165, 1.54) is 29.5 Å². The molecule has 1 aromatic heterocycles. The highest BCUT2D eigenvalue weighted by molar-refractivity contribution is 7.92. The number of nitrogens with one attached hydrogen (secondary N) is 2. The first-order chi connectivity index (χ1) is 9.33. The third-order valence-corrected chi connectivity index (χ3v) is 3.97. The molecule has 0 atom stereocenters. The van der Waals surface area contributed by atoms with Crippen LogP contribution in [-0.2, 0) is 16.6 Å². The van der Waals surface area contributed by atoms with Gasteiger partial charge in [0.2, 0.25) is 10.0 Å². The molecule has 0 aliphatic rings. The molecular weight excluding hydrogens is 325 g/mol. The van der Waals surface area contributed by atoms with Crippen molar-refractivity contribution in [2.45, 2.75) is 6.54 Å². The maximum absolute atomic E-state index is 13.6. The average molecular weight is 336 g/mol. The molecule has 0 unspecified atom stereocenters. The normalized spacial score (nSPS) is 11.3. The Morgan fingerprint density at radius 3 is 2.80 bits per heavy atom. The molecule has 0 aliphatic carbocycles. The van der Waals surface area contributed by atoms with Gasteiger partial charge in [-0.05, 0) is 18.2 Å². The van der Waals surface area contributed by atoms with Crippen molar-refractivity contribution in [1.29, 1.82) is 0 Å². The van der Waals surface area contributed by atoms with E-state index >= 15 is 0 Å². The largest absolute Gasteiger partial charge is 0.378 e. The van der Waals surface area contributed by atoms with Crippen LogP contribution in [0.1, 0.15) is 4.88 Å². The van der Waals surface area contributed by atoms with Crippen LogP contribution in [0, 0.1) is 5.82 Å². The van der Waals surface area contributed by atoms with E-state index in [2.05, 4.69) is 15.0 Å². The second-order valence-corrected chi connectivity index (χ2v) is 7.45. The predicted molar refractivity (Wildman–Crippen MR) is 79.3 cm³/mol. The summed E-state index contributed by atoms with van der Waals surface area (Å²) in [6, 6.07) is 3.93. The van der Waals surface area contributed by atoms with E-state index in [-0.39, 0.29) is 5.69 Å². The maximum Gasteiger partial charge on any atom is 0.229 e. The van der Waals surface area contributed by atoms with Gasteiger partial charge in [0.25, 0.3) is 0 Å². The van der Waals surface area contributed by atoms with Gasteiger partial charge in [-0.15, -0.1) is 11.3 Å². The number of hydrogen-bond donors (Lipinski definition) is 2. The van der Waals surface area contributed by atoms with Gasteiger partial charge in [-0.3, -0.25) is 4.72 Å². The first kappa shape index (κ1) is 15.0. The van der Waals surface area contributed by atoms with Crippen LogP contribution in [0.5, 0.6) is 0 Å². The van der Waals surface area contributed by atoms with Gasteiger partial charge in [0.15, 0.2) is 4.47 Å². The molecule has 0 saturated heterocycles. The molecule has 0 spiro atoms. The van der Waals surface area contributed by atoms with Gasteiger partial charge in [-0.2, -0.15) is 0 Å². The number of halogens is 2. The lowest BCUT2D eigenvalue weighted by molar-refractivity contribution is 0.606. The highest BCUT2D eigenvalue weighted by atomic mass is 35.5. The first-order valence-electron chi connectivity index (χ1n) is 5.45. The highest BCUT2D eigenvalue weighted by Crippen LogP contribution is 2.23. The number of thiazole rings is 1. The molecule has 2 aromatic rings. The molecule has 1 aromatic carbocycles. The zero-order valence-corrected chi connectivity index (χ0v) is 12.7. The Balaban J connectivity index is 2.12. The molecular formula is C11H11ClFN3O2S2. The van der Waals surface area contributed by atoms with Crippen LogP contribution < -0.4 is 10.0 Å². The number of aromatic nitrogens is 1. The number of hydrogen-bond acceptors (Lipinski definition) is 5. The van der Waals surface area contributed by atoms with E-state index in [1.54, 1.807) is 6.20 Å². The summed E-state index contributed by atoms with van der Waals surface area (Å²) in [6.45, 7) is 0.351.